The molecule has 1 rings (SSSR count). The number of methoxy groups -OCH3 is 1. The average Bonchev–Trinajstić information content (AvgIpc) is 2.68. The molecule has 88 valence electrons. The molecule has 1 heterocycles. The summed E-state index contributed by atoms with van der Waals surface area (Å²) in [6, 6.07) is 0.522. The second kappa shape index (κ2) is 6.08. The number of rotatable bonds is 5. The van der Waals surface area contributed by atoms with E-state index in [0.717, 1.165) is 39.2 Å². The van der Waals surface area contributed by atoms with E-state index in [9.17, 15) is 4.79 Å². The van der Waals surface area contributed by atoms with Crippen molar-refractivity contribution in [1.29, 1.82) is 0 Å². The van der Waals surface area contributed by atoms with Gasteiger partial charge >= 0.3 is 0 Å². The van der Waals surface area contributed by atoms with E-state index in [0.29, 0.717) is 6.04 Å². The van der Waals surface area contributed by atoms with Crippen LogP contribution in [-0.4, -0.2) is 61.6 Å². The van der Waals surface area contributed by atoms with E-state index >= 15 is 0 Å². The first-order valence-electron chi connectivity index (χ1n) is 5.67. The molecule has 4 nitrogen and oxygen atoms in total. The SMILES string of the molecule is CCN(CCOC)C1CCN(C(C)=O)C1. The van der Waals surface area contributed by atoms with Crippen LogP contribution in [0.15, 0.2) is 0 Å². The molecule has 0 aromatic carbocycles. The molecule has 0 aromatic rings. The average molecular weight is 214 g/mol. The molecule has 0 saturated carbocycles. The number of ether oxygens (including phenoxy) is 1. The first-order chi connectivity index (χ1) is 7.19. The van der Waals surface area contributed by atoms with Gasteiger partial charge in [-0.2, -0.15) is 0 Å². The van der Waals surface area contributed by atoms with Crippen LogP contribution < -0.4 is 0 Å². The van der Waals surface area contributed by atoms with Crippen molar-refractivity contribution < 1.29 is 9.53 Å². The summed E-state index contributed by atoms with van der Waals surface area (Å²) in [7, 11) is 1.73. The molecule has 0 aliphatic carbocycles. The zero-order valence-electron chi connectivity index (χ0n) is 10.0. The maximum Gasteiger partial charge on any atom is 0.219 e. The van der Waals surface area contributed by atoms with Gasteiger partial charge in [-0.05, 0) is 13.0 Å². The lowest BCUT2D eigenvalue weighted by Gasteiger charge is -2.27. The molecule has 1 aliphatic heterocycles. The lowest BCUT2D eigenvalue weighted by atomic mass is 10.2. The topological polar surface area (TPSA) is 32.8 Å². The van der Waals surface area contributed by atoms with E-state index < -0.39 is 0 Å². The zero-order chi connectivity index (χ0) is 11.3. The van der Waals surface area contributed by atoms with Crippen LogP contribution >= 0.6 is 0 Å². The highest BCUT2D eigenvalue weighted by Gasteiger charge is 2.27. The Balaban J connectivity index is 2.39. The van der Waals surface area contributed by atoms with Crippen LogP contribution in [0.3, 0.4) is 0 Å². The zero-order valence-corrected chi connectivity index (χ0v) is 10.0. The monoisotopic (exact) mass is 214 g/mol. The smallest absolute Gasteiger partial charge is 0.219 e. The Morgan fingerprint density at radius 2 is 2.33 bits per heavy atom. The number of hydrogen-bond acceptors (Lipinski definition) is 3. The van der Waals surface area contributed by atoms with Gasteiger partial charge in [-0.1, -0.05) is 6.92 Å². The number of likely N-dealkylation sites (N-methyl/N-ethyl adjacent to an activating group) is 1. The second-order valence-electron chi connectivity index (χ2n) is 4.03. The van der Waals surface area contributed by atoms with Crippen LogP contribution in [0.1, 0.15) is 20.3 Å². The molecule has 15 heavy (non-hydrogen) atoms. The predicted octanol–water partition coefficient (Wildman–Crippen LogP) is 0.575. The quantitative estimate of drug-likeness (QED) is 0.671. The molecule has 1 aliphatic rings. The van der Waals surface area contributed by atoms with Gasteiger partial charge in [0.1, 0.15) is 0 Å². The van der Waals surface area contributed by atoms with E-state index in [1.807, 2.05) is 4.90 Å². The van der Waals surface area contributed by atoms with Gasteiger partial charge in [0, 0.05) is 39.7 Å². The predicted molar refractivity (Wildman–Crippen MR) is 59.8 cm³/mol. The molecule has 4 heteroatoms. The molecule has 1 fully saturated rings. The maximum atomic E-state index is 11.2. The summed E-state index contributed by atoms with van der Waals surface area (Å²) in [5.41, 5.74) is 0. The normalized spacial score (nSPS) is 21.3. The summed E-state index contributed by atoms with van der Waals surface area (Å²) in [5, 5.41) is 0. The lowest BCUT2D eigenvalue weighted by molar-refractivity contribution is -0.127. The summed E-state index contributed by atoms with van der Waals surface area (Å²) in [6.07, 6.45) is 1.09. The van der Waals surface area contributed by atoms with Crippen molar-refractivity contribution in [2.45, 2.75) is 26.3 Å². The number of amides is 1. The van der Waals surface area contributed by atoms with Gasteiger partial charge in [-0.25, -0.2) is 0 Å². The summed E-state index contributed by atoms with van der Waals surface area (Å²) in [6.45, 7) is 8.35. The van der Waals surface area contributed by atoms with Gasteiger partial charge in [-0.15, -0.1) is 0 Å². The highest BCUT2D eigenvalue weighted by atomic mass is 16.5. The highest BCUT2D eigenvalue weighted by molar-refractivity contribution is 5.73. The third-order valence-corrected chi connectivity index (χ3v) is 3.11. The minimum absolute atomic E-state index is 0.195. The van der Waals surface area contributed by atoms with Crippen LogP contribution in [0.5, 0.6) is 0 Å². The van der Waals surface area contributed by atoms with Crippen molar-refractivity contribution in [3.8, 4) is 0 Å². The molecule has 1 atom stereocenters. The third kappa shape index (κ3) is 3.47. The molecule has 1 saturated heterocycles. The second-order valence-corrected chi connectivity index (χ2v) is 4.03. The Labute approximate surface area is 92.2 Å². The summed E-state index contributed by atoms with van der Waals surface area (Å²) in [4.78, 5) is 15.5. The number of likely N-dealkylation sites (tertiary alicyclic amines) is 1. The first-order valence-corrected chi connectivity index (χ1v) is 5.67. The molecule has 0 N–H and O–H groups in total. The van der Waals surface area contributed by atoms with Crippen molar-refractivity contribution in [2.75, 3.05) is 39.9 Å². The summed E-state index contributed by atoms with van der Waals surface area (Å²) >= 11 is 0. The van der Waals surface area contributed by atoms with Crippen LogP contribution in [0, 0.1) is 0 Å². The van der Waals surface area contributed by atoms with Crippen molar-refractivity contribution >= 4 is 5.91 Å². The molecule has 0 bridgehead atoms. The Morgan fingerprint density at radius 1 is 1.60 bits per heavy atom. The number of carbonyl (C=O) groups excluding carboxylic acids is 1. The van der Waals surface area contributed by atoms with Crippen LogP contribution in [0.2, 0.25) is 0 Å². The fraction of sp³-hybridized carbons (Fsp3) is 0.909. The number of carbonyl (C=O) groups is 1. The Hall–Kier alpha value is -0.610. The molecule has 1 unspecified atom stereocenters. The number of nitrogens with zero attached hydrogens (tertiary/aromatic N) is 2. The fourth-order valence-electron chi connectivity index (χ4n) is 2.13. The van der Waals surface area contributed by atoms with Crippen LogP contribution in [0.4, 0.5) is 0 Å². The minimum Gasteiger partial charge on any atom is -0.383 e. The summed E-state index contributed by atoms with van der Waals surface area (Å²) < 4.78 is 5.09. The first kappa shape index (κ1) is 12.5. The largest absolute Gasteiger partial charge is 0.383 e. The molecule has 0 radical (unpaired) electrons. The van der Waals surface area contributed by atoms with Gasteiger partial charge in [0.25, 0.3) is 0 Å². The Bertz CT molecular complexity index is 209. The fourth-order valence-corrected chi connectivity index (χ4v) is 2.13. The van der Waals surface area contributed by atoms with Crippen molar-refractivity contribution in [3.63, 3.8) is 0 Å². The van der Waals surface area contributed by atoms with Gasteiger partial charge in [0.15, 0.2) is 0 Å². The standard InChI is InChI=1S/C11H22N2O2/c1-4-12(7-8-15-3)11-5-6-13(9-11)10(2)14/h11H,4-9H2,1-3H3. The minimum atomic E-state index is 0.195. The van der Waals surface area contributed by atoms with E-state index in [-0.39, 0.29) is 5.91 Å². The van der Waals surface area contributed by atoms with E-state index in [1.54, 1.807) is 14.0 Å². The number of hydrogen-bond donors (Lipinski definition) is 0. The highest BCUT2D eigenvalue weighted by Crippen LogP contribution is 2.15. The molecular formula is C11H22N2O2. The van der Waals surface area contributed by atoms with Crippen LogP contribution in [-0.2, 0) is 9.53 Å². The molecule has 1 amide bonds. The maximum absolute atomic E-state index is 11.2. The van der Waals surface area contributed by atoms with E-state index in [4.69, 9.17) is 4.74 Å². The summed E-state index contributed by atoms with van der Waals surface area (Å²) in [5.74, 6) is 0.195. The van der Waals surface area contributed by atoms with Gasteiger partial charge < -0.3 is 9.64 Å². The van der Waals surface area contributed by atoms with Gasteiger partial charge in [0.2, 0.25) is 5.91 Å². The van der Waals surface area contributed by atoms with E-state index in [1.165, 1.54) is 0 Å². The molecular weight excluding hydrogens is 192 g/mol. The lowest BCUT2D eigenvalue weighted by Crippen LogP contribution is -2.40. The molecule has 0 aromatic heterocycles. The van der Waals surface area contributed by atoms with Crippen LogP contribution in [0.25, 0.3) is 0 Å². The van der Waals surface area contributed by atoms with Gasteiger partial charge in [0.05, 0.1) is 6.61 Å². The van der Waals surface area contributed by atoms with Crippen molar-refractivity contribution in [1.82, 2.24) is 9.80 Å². The van der Waals surface area contributed by atoms with Gasteiger partial charge in [-0.3, -0.25) is 9.69 Å². The Kier molecular flexibility index (Phi) is 5.05. The van der Waals surface area contributed by atoms with Crippen molar-refractivity contribution in [3.05, 3.63) is 0 Å². The van der Waals surface area contributed by atoms with Crippen molar-refractivity contribution in [2.24, 2.45) is 0 Å². The third-order valence-electron chi connectivity index (χ3n) is 3.11. The Morgan fingerprint density at radius 3 is 2.80 bits per heavy atom. The molecule has 0 spiro atoms. The van der Waals surface area contributed by atoms with E-state index in [2.05, 4.69) is 11.8 Å².